The molecule has 0 aliphatic heterocycles. The van der Waals surface area contributed by atoms with Crippen LogP contribution >= 0.6 is 0 Å². The van der Waals surface area contributed by atoms with Crippen LogP contribution in [0.5, 0.6) is 0 Å². The molecule has 0 spiro atoms. The molecule has 2 heterocycles. The minimum atomic E-state index is -4.54. The lowest BCUT2D eigenvalue weighted by molar-refractivity contribution is -0.137. The Bertz CT molecular complexity index is 1950. The van der Waals surface area contributed by atoms with Crippen molar-refractivity contribution in [1.29, 1.82) is 0 Å². The number of fused-ring (bicyclic) bond motifs is 2. The zero-order chi connectivity index (χ0) is 27.9. The largest absolute Gasteiger partial charge is 0.416 e. The third-order valence-electron chi connectivity index (χ3n) is 6.81. The smallest absolute Gasteiger partial charge is 0.342 e. The van der Waals surface area contributed by atoms with Gasteiger partial charge in [0.1, 0.15) is 0 Å². The Morgan fingerprint density at radius 2 is 1.60 bits per heavy atom. The first-order valence-electron chi connectivity index (χ1n) is 12.7. The number of rotatable bonds is 5. The van der Waals surface area contributed by atoms with Crippen molar-refractivity contribution in [3.05, 3.63) is 136 Å². The molecule has 0 bridgehead atoms. The fourth-order valence-corrected chi connectivity index (χ4v) is 4.77. The van der Waals surface area contributed by atoms with Crippen molar-refractivity contribution in [2.24, 2.45) is 5.10 Å². The standard InChI is InChI=1S/C32H23F3N4O/c1-21-13-15-22(16-14-21)19-38-20-24(26-9-3-5-12-29(26)38)18-36-39-30(23-7-6-8-25(17-23)32(33,34)35)37-28-11-4-2-10-27(28)31(39)40/h2-18,20H,19H2,1H3. The predicted molar refractivity (Wildman–Crippen MR) is 152 cm³/mol. The van der Waals surface area contributed by atoms with Crippen molar-refractivity contribution in [3.63, 3.8) is 0 Å². The molecule has 5 nitrogen and oxygen atoms in total. The number of nitrogens with zero attached hydrogens (tertiary/aromatic N) is 4. The highest BCUT2D eigenvalue weighted by Crippen LogP contribution is 2.32. The SMILES string of the molecule is Cc1ccc(Cn2cc(C=Nn3c(-c4cccc(C(F)(F)F)c4)nc4ccccc4c3=O)c3ccccc32)cc1. The van der Waals surface area contributed by atoms with E-state index >= 15 is 0 Å². The fourth-order valence-electron chi connectivity index (χ4n) is 4.77. The molecule has 0 saturated heterocycles. The van der Waals surface area contributed by atoms with E-state index < -0.39 is 17.3 Å². The normalized spacial score (nSPS) is 12.1. The molecular formula is C32H23F3N4O. The van der Waals surface area contributed by atoms with Gasteiger partial charge in [0.05, 0.1) is 22.7 Å². The van der Waals surface area contributed by atoms with Crippen molar-refractivity contribution >= 4 is 28.0 Å². The molecule has 198 valence electrons. The Kier molecular flexibility index (Phi) is 6.30. The van der Waals surface area contributed by atoms with Crippen molar-refractivity contribution in [3.8, 4) is 11.4 Å². The van der Waals surface area contributed by atoms with E-state index in [4.69, 9.17) is 0 Å². The monoisotopic (exact) mass is 536 g/mol. The van der Waals surface area contributed by atoms with Gasteiger partial charge in [0.2, 0.25) is 0 Å². The second-order valence-corrected chi connectivity index (χ2v) is 9.61. The number of aromatic nitrogens is 3. The van der Waals surface area contributed by atoms with Crippen LogP contribution in [0.3, 0.4) is 0 Å². The predicted octanol–water partition coefficient (Wildman–Crippen LogP) is 7.28. The minimum Gasteiger partial charge on any atom is -0.342 e. The van der Waals surface area contributed by atoms with Crippen LogP contribution in [0.25, 0.3) is 33.2 Å². The van der Waals surface area contributed by atoms with Crippen molar-refractivity contribution in [2.75, 3.05) is 0 Å². The van der Waals surface area contributed by atoms with Crippen LogP contribution in [-0.4, -0.2) is 20.4 Å². The molecule has 0 aliphatic carbocycles. The van der Waals surface area contributed by atoms with Gasteiger partial charge in [-0.05, 0) is 42.8 Å². The maximum Gasteiger partial charge on any atom is 0.416 e. The molecule has 0 radical (unpaired) electrons. The van der Waals surface area contributed by atoms with E-state index in [2.05, 4.69) is 38.9 Å². The lowest BCUT2D eigenvalue weighted by atomic mass is 10.1. The number of aryl methyl sites for hydroxylation is 1. The summed E-state index contributed by atoms with van der Waals surface area (Å²) in [5, 5.41) is 5.75. The van der Waals surface area contributed by atoms with Gasteiger partial charge >= 0.3 is 6.18 Å². The Morgan fingerprint density at radius 1 is 0.875 bits per heavy atom. The maximum atomic E-state index is 13.5. The van der Waals surface area contributed by atoms with Gasteiger partial charge in [0.25, 0.3) is 5.56 Å². The van der Waals surface area contributed by atoms with Gasteiger partial charge < -0.3 is 4.57 Å². The Balaban J connectivity index is 1.49. The molecule has 0 saturated carbocycles. The first-order chi connectivity index (χ1) is 19.3. The summed E-state index contributed by atoms with van der Waals surface area (Å²) >= 11 is 0. The summed E-state index contributed by atoms with van der Waals surface area (Å²) in [6, 6.07) is 27.6. The van der Waals surface area contributed by atoms with Crippen molar-refractivity contribution < 1.29 is 13.2 Å². The van der Waals surface area contributed by atoms with Gasteiger partial charge in [-0.2, -0.15) is 22.9 Å². The highest BCUT2D eigenvalue weighted by molar-refractivity contribution is 5.99. The van der Waals surface area contributed by atoms with E-state index in [0.29, 0.717) is 17.4 Å². The number of alkyl halides is 3. The lowest BCUT2D eigenvalue weighted by Gasteiger charge is -2.12. The second kappa shape index (κ2) is 9.96. The lowest BCUT2D eigenvalue weighted by Crippen LogP contribution is -2.20. The summed E-state index contributed by atoms with van der Waals surface area (Å²) in [4.78, 5) is 18.1. The quantitative estimate of drug-likeness (QED) is 0.218. The summed E-state index contributed by atoms with van der Waals surface area (Å²) in [7, 11) is 0. The van der Waals surface area contributed by atoms with E-state index in [1.54, 1.807) is 30.5 Å². The zero-order valence-corrected chi connectivity index (χ0v) is 21.4. The number of benzene rings is 4. The molecule has 0 fully saturated rings. The highest BCUT2D eigenvalue weighted by Gasteiger charge is 2.31. The molecule has 2 aromatic heterocycles. The Labute approximate surface area is 227 Å². The van der Waals surface area contributed by atoms with Crippen LogP contribution in [0.1, 0.15) is 22.3 Å². The van der Waals surface area contributed by atoms with Gasteiger partial charge in [-0.3, -0.25) is 4.79 Å². The second-order valence-electron chi connectivity index (χ2n) is 9.61. The van der Waals surface area contributed by atoms with Crippen molar-refractivity contribution in [1.82, 2.24) is 14.2 Å². The van der Waals surface area contributed by atoms with E-state index in [-0.39, 0.29) is 11.4 Å². The molecule has 8 heteroatoms. The fraction of sp³-hybridized carbons (Fsp3) is 0.0938. The third kappa shape index (κ3) is 4.80. The van der Waals surface area contributed by atoms with Crippen LogP contribution in [-0.2, 0) is 12.7 Å². The minimum absolute atomic E-state index is 0.0226. The number of para-hydroxylation sites is 2. The van der Waals surface area contributed by atoms with Crippen LogP contribution < -0.4 is 5.56 Å². The van der Waals surface area contributed by atoms with Gasteiger partial charge in [-0.25, -0.2) is 4.98 Å². The molecular weight excluding hydrogens is 513 g/mol. The molecule has 4 aromatic carbocycles. The first-order valence-corrected chi connectivity index (χ1v) is 12.7. The Hall–Kier alpha value is -4.98. The van der Waals surface area contributed by atoms with Gasteiger partial charge in [-0.15, -0.1) is 0 Å². The number of hydrogen-bond donors (Lipinski definition) is 0. The molecule has 0 aliphatic rings. The maximum absolute atomic E-state index is 13.5. The van der Waals surface area contributed by atoms with Crippen LogP contribution in [0.15, 0.2) is 113 Å². The highest BCUT2D eigenvalue weighted by atomic mass is 19.4. The van der Waals surface area contributed by atoms with E-state index in [9.17, 15) is 18.0 Å². The third-order valence-corrected chi connectivity index (χ3v) is 6.81. The molecule has 6 rings (SSSR count). The molecule has 0 unspecified atom stereocenters. The van der Waals surface area contributed by atoms with Crippen LogP contribution in [0.2, 0.25) is 0 Å². The van der Waals surface area contributed by atoms with Gasteiger partial charge in [0.15, 0.2) is 5.82 Å². The molecule has 0 atom stereocenters. The van der Waals surface area contributed by atoms with Crippen LogP contribution in [0, 0.1) is 6.92 Å². The topological polar surface area (TPSA) is 52.2 Å². The molecule has 0 amide bonds. The number of halogens is 3. The van der Waals surface area contributed by atoms with Gasteiger partial charge in [-0.1, -0.05) is 72.3 Å². The molecule has 40 heavy (non-hydrogen) atoms. The summed E-state index contributed by atoms with van der Waals surface area (Å²) in [6.07, 6.45) is -1.03. The average Bonchev–Trinajstić information content (AvgIpc) is 3.30. The van der Waals surface area contributed by atoms with E-state index in [1.807, 2.05) is 37.4 Å². The van der Waals surface area contributed by atoms with E-state index in [1.165, 1.54) is 17.7 Å². The summed E-state index contributed by atoms with van der Waals surface area (Å²) < 4.78 is 43.7. The zero-order valence-electron chi connectivity index (χ0n) is 21.4. The van der Waals surface area contributed by atoms with Gasteiger partial charge in [0, 0.05) is 34.8 Å². The van der Waals surface area contributed by atoms with E-state index in [0.717, 1.165) is 38.8 Å². The first kappa shape index (κ1) is 25.3. The summed E-state index contributed by atoms with van der Waals surface area (Å²) in [5.74, 6) is 0.0226. The van der Waals surface area contributed by atoms with Crippen LogP contribution in [0.4, 0.5) is 13.2 Å². The molecule has 0 N–H and O–H groups in total. The Morgan fingerprint density at radius 3 is 2.38 bits per heavy atom. The summed E-state index contributed by atoms with van der Waals surface area (Å²) in [6.45, 7) is 2.68. The summed E-state index contributed by atoms with van der Waals surface area (Å²) in [5.41, 5.74) is 3.28. The van der Waals surface area contributed by atoms with Crippen molar-refractivity contribution in [2.45, 2.75) is 19.6 Å². The molecule has 6 aromatic rings. The number of hydrogen-bond acceptors (Lipinski definition) is 3. The average molecular weight is 537 g/mol.